The van der Waals surface area contributed by atoms with Crippen LogP contribution in [0.1, 0.15) is 70.0 Å². The zero-order valence-electron chi connectivity index (χ0n) is 34.3. The van der Waals surface area contributed by atoms with Crippen LogP contribution in [0.15, 0.2) is 59.7 Å². The maximum Gasteiger partial charge on any atom is 0.312 e. The Morgan fingerprint density at radius 3 is 2.29 bits per heavy atom. The molecular formula is C42H51N5O12. The highest BCUT2D eigenvalue weighted by molar-refractivity contribution is 6.23. The van der Waals surface area contributed by atoms with Crippen LogP contribution >= 0.6 is 0 Å². The molecule has 1 aromatic heterocycles. The van der Waals surface area contributed by atoms with Crippen LogP contribution in [0.3, 0.4) is 0 Å². The molecule has 2 aromatic carbocycles. The number of aliphatic hydroxyl groups excluding tert-OH is 2. The van der Waals surface area contributed by atoms with Crippen LogP contribution in [0.4, 0.5) is 11.6 Å². The van der Waals surface area contributed by atoms with E-state index in [1.54, 1.807) is 45.9 Å². The third kappa shape index (κ3) is 8.72. The number of amides is 1. The normalized spacial score (nSPS) is 30.0. The Labute approximate surface area is 341 Å². The molecule has 0 saturated heterocycles. The lowest BCUT2D eigenvalue weighted by atomic mass is 9.78. The number of nitrogens with zero attached hydrogens (tertiary/aromatic N) is 3. The Balaban J connectivity index is 1.71. The van der Waals surface area contributed by atoms with Crippen LogP contribution in [0.25, 0.3) is 10.8 Å². The number of ether oxygens (including phenoxy) is 4. The van der Waals surface area contributed by atoms with E-state index in [2.05, 4.69) is 25.8 Å². The van der Waals surface area contributed by atoms with Gasteiger partial charge in [-0.3, -0.25) is 14.4 Å². The van der Waals surface area contributed by atoms with E-state index in [0.717, 1.165) is 6.21 Å². The monoisotopic (exact) mass is 817 g/mol. The molecule has 9 atom stereocenters. The molecule has 3 aliphatic heterocycles. The number of esters is 1. The van der Waals surface area contributed by atoms with Gasteiger partial charge in [0.05, 0.1) is 53.0 Å². The molecule has 0 fully saturated rings. The van der Waals surface area contributed by atoms with E-state index in [0.29, 0.717) is 0 Å². The molecular weight excluding hydrogens is 766 g/mol. The number of allylic oxidation sites excluding steroid dienone is 2. The first-order valence-electron chi connectivity index (χ1n) is 19.0. The molecule has 0 saturated carbocycles. The summed E-state index contributed by atoms with van der Waals surface area (Å²) in [4.78, 5) is 48.4. The van der Waals surface area contributed by atoms with Crippen molar-refractivity contribution in [3.63, 3.8) is 0 Å². The van der Waals surface area contributed by atoms with Crippen LogP contribution in [0.5, 0.6) is 23.0 Å². The Morgan fingerprint density at radius 1 is 0.966 bits per heavy atom. The molecule has 59 heavy (non-hydrogen) atoms. The van der Waals surface area contributed by atoms with Crippen molar-refractivity contribution in [3.05, 3.63) is 71.3 Å². The summed E-state index contributed by atoms with van der Waals surface area (Å²) in [5.41, 5.74) is 1.88. The van der Waals surface area contributed by atoms with Gasteiger partial charge >= 0.3 is 11.8 Å². The van der Waals surface area contributed by atoms with Gasteiger partial charge in [-0.1, -0.05) is 45.9 Å². The zero-order valence-corrected chi connectivity index (χ0v) is 34.3. The fraction of sp³-hybridized carbons (Fsp3) is 0.429. The highest BCUT2D eigenvalue weighted by Crippen LogP contribution is 2.55. The number of carbonyl (C=O) groups is 3. The first kappa shape index (κ1) is 44.1. The van der Waals surface area contributed by atoms with Gasteiger partial charge < -0.3 is 49.8 Å². The number of aromatic nitrogens is 2. The van der Waals surface area contributed by atoms with Gasteiger partial charge in [0.2, 0.25) is 5.95 Å². The Morgan fingerprint density at radius 2 is 1.64 bits per heavy atom. The van der Waals surface area contributed by atoms with Crippen molar-refractivity contribution in [1.29, 1.82) is 0 Å². The van der Waals surface area contributed by atoms with E-state index >= 15 is 0 Å². The number of nitrogens with one attached hydrogen (secondary N) is 2. The molecule has 0 spiro atoms. The average Bonchev–Trinajstić information content (AvgIpc) is 3.47. The third-order valence-electron chi connectivity index (χ3n) is 11.0. The van der Waals surface area contributed by atoms with Crippen LogP contribution < -0.4 is 15.5 Å². The third-order valence-corrected chi connectivity index (χ3v) is 11.0. The van der Waals surface area contributed by atoms with Crippen LogP contribution in [-0.2, 0) is 23.8 Å². The maximum atomic E-state index is 14.4. The summed E-state index contributed by atoms with van der Waals surface area (Å²) < 4.78 is 23.5. The molecule has 6 rings (SSSR count). The first-order chi connectivity index (χ1) is 27.8. The molecule has 3 aromatic rings. The molecule has 7 N–H and O–H groups in total. The largest absolute Gasteiger partial charge is 0.507 e. The SMILES string of the molecule is COC1/C=C/OC2(C)Oc3c(C)c(O)c4c(O)c(c(/C=N\Nc5ncccn5)c(O)c4c3C2=O)NC(=O)/C(C)=C/C=C/C(C)C(O)C(C)C(O)C(C)C(OC(C)=O)C1C. The standard InChI is InChI=1S/C42H51N5O12/c1-19-12-10-13-20(2)40(55)46-31-26(18-45-47-41-43-15-11-16-44-41)35(52)28-29(36(31)53)34(51)24(6)38-30(28)39(54)42(8,59-38)57-17-14-27(56-9)21(3)37(58-25(7)48)23(5)33(50)22(4)32(19)49/h10-19,21-23,27,32-33,37,49-53H,1-9H3,(H,46,55)(H,43,44,47)/b12-10+,17-14+,20-13+,45-18-. The zero-order chi connectivity index (χ0) is 43.5. The molecule has 9 unspecified atom stereocenters. The number of carbonyl (C=O) groups excluding carboxylic acids is 3. The molecule has 17 nitrogen and oxygen atoms in total. The Hall–Kier alpha value is -6.04. The predicted molar refractivity (Wildman–Crippen MR) is 217 cm³/mol. The van der Waals surface area contributed by atoms with Crippen molar-refractivity contribution in [2.45, 2.75) is 85.6 Å². The van der Waals surface area contributed by atoms with E-state index in [-0.39, 0.29) is 50.4 Å². The lowest BCUT2D eigenvalue weighted by Crippen LogP contribution is -2.46. The van der Waals surface area contributed by atoms with Gasteiger partial charge in [0, 0.05) is 73.5 Å². The summed E-state index contributed by atoms with van der Waals surface area (Å²) in [6.45, 7) is 12.4. The molecule has 1 amide bonds. The van der Waals surface area contributed by atoms with Gasteiger partial charge in [0.15, 0.2) is 5.75 Å². The van der Waals surface area contributed by atoms with Gasteiger partial charge in [-0.15, -0.1) is 0 Å². The topological polar surface area (TPSA) is 251 Å². The van der Waals surface area contributed by atoms with Gasteiger partial charge in [-0.2, -0.15) is 5.10 Å². The number of phenols is 3. The minimum atomic E-state index is -2.08. The molecule has 3 aliphatic rings. The minimum Gasteiger partial charge on any atom is -0.507 e. The van der Waals surface area contributed by atoms with E-state index in [4.69, 9.17) is 18.9 Å². The van der Waals surface area contributed by atoms with Crippen molar-refractivity contribution >= 4 is 46.3 Å². The smallest absolute Gasteiger partial charge is 0.312 e. The van der Waals surface area contributed by atoms with E-state index in [1.165, 1.54) is 65.6 Å². The van der Waals surface area contributed by atoms with Crippen LogP contribution in [0.2, 0.25) is 0 Å². The van der Waals surface area contributed by atoms with Crippen molar-refractivity contribution < 1.29 is 58.9 Å². The number of hydrazone groups is 1. The molecule has 316 valence electrons. The van der Waals surface area contributed by atoms with Gasteiger partial charge in [-0.25, -0.2) is 15.4 Å². The number of anilines is 2. The number of hydrogen-bond acceptors (Lipinski definition) is 16. The number of aromatic hydroxyl groups is 3. The van der Waals surface area contributed by atoms with Crippen LogP contribution in [-0.4, -0.2) is 96.7 Å². The Kier molecular flexibility index (Phi) is 13.3. The van der Waals surface area contributed by atoms with Gasteiger partial charge in [-0.05, 0) is 26.0 Å². The van der Waals surface area contributed by atoms with E-state index in [9.17, 15) is 39.9 Å². The number of hydrogen-bond donors (Lipinski definition) is 7. The first-order valence-corrected chi connectivity index (χ1v) is 19.0. The highest BCUT2D eigenvalue weighted by Gasteiger charge is 2.50. The number of methoxy groups -OCH3 is 1. The summed E-state index contributed by atoms with van der Waals surface area (Å²) in [5.74, 6) is -8.73. The summed E-state index contributed by atoms with van der Waals surface area (Å²) in [7, 11) is 1.42. The lowest BCUT2D eigenvalue weighted by molar-refractivity contribution is -0.160. The number of Topliss-reactive ketones (excluding diaryl/α,β-unsaturated/α-hetero) is 1. The molecule has 17 heteroatoms. The van der Waals surface area contributed by atoms with Gasteiger partial charge in [0.25, 0.3) is 11.7 Å². The number of fused-ring (bicyclic) bond motifs is 14. The minimum absolute atomic E-state index is 0.0193. The molecule has 0 aliphatic carbocycles. The van der Waals surface area contributed by atoms with Crippen molar-refractivity contribution in [2.75, 3.05) is 17.9 Å². The number of phenolic OH excluding ortho intramolecular Hbond substituents is 3. The number of ketones is 1. The molecule has 0 radical (unpaired) electrons. The number of rotatable bonds is 5. The molecule has 5 bridgehead atoms. The van der Waals surface area contributed by atoms with Crippen molar-refractivity contribution in [2.24, 2.45) is 28.8 Å². The lowest BCUT2D eigenvalue weighted by Gasteiger charge is -2.38. The highest BCUT2D eigenvalue weighted by atomic mass is 16.7. The van der Waals surface area contributed by atoms with Crippen molar-refractivity contribution in [3.8, 4) is 23.0 Å². The second-order valence-corrected chi connectivity index (χ2v) is 15.1. The quantitative estimate of drug-likeness (QED) is 0.0589. The maximum absolute atomic E-state index is 14.4. The van der Waals surface area contributed by atoms with Crippen molar-refractivity contribution in [1.82, 2.24) is 9.97 Å². The number of aliphatic hydroxyl groups is 2. The van der Waals surface area contributed by atoms with Gasteiger partial charge in [0.1, 0.15) is 23.4 Å². The number of benzene rings is 2. The van der Waals surface area contributed by atoms with E-state index in [1.807, 2.05) is 0 Å². The summed E-state index contributed by atoms with van der Waals surface area (Å²) in [6.07, 6.45) is 7.36. The summed E-state index contributed by atoms with van der Waals surface area (Å²) in [6, 6.07) is 1.59. The second kappa shape index (κ2) is 17.8. The predicted octanol–water partition coefficient (Wildman–Crippen LogP) is 4.99. The molecule has 4 heterocycles. The average molecular weight is 818 g/mol. The van der Waals surface area contributed by atoms with Crippen LogP contribution in [0, 0.1) is 30.6 Å². The Bertz CT molecular complexity index is 2220. The fourth-order valence-corrected chi connectivity index (χ4v) is 7.38. The fourth-order valence-electron chi connectivity index (χ4n) is 7.38. The summed E-state index contributed by atoms with van der Waals surface area (Å²) >= 11 is 0. The second-order valence-electron chi connectivity index (χ2n) is 15.1. The summed E-state index contributed by atoms with van der Waals surface area (Å²) in [5, 5.41) is 64.1. The van der Waals surface area contributed by atoms with E-state index < -0.39 is 88.8 Å².